The van der Waals surface area contributed by atoms with Crippen LogP contribution >= 0.6 is 0 Å². The molecule has 3 nitrogen and oxygen atoms in total. The highest BCUT2D eigenvalue weighted by Crippen LogP contribution is 2.43. The summed E-state index contributed by atoms with van der Waals surface area (Å²) in [6.45, 7) is 0.912. The molecule has 2 aliphatic rings. The van der Waals surface area contributed by atoms with Crippen molar-refractivity contribution in [3.63, 3.8) is 0 Å². The van der Waals surface area contributed by atoms with E-state index in [-0.39, 0.29) is 5.91 Å². The SMILES string of the molecule is Nc1cccc(C(=O)N2CCCC3CC32)c1. The predicted octanol–water partition coefficient (Wildman–Crippen LogP) is 1.89. The van der Waals surface area contributed by atoms with Crippen molar-refractivity contribution < 1.29 is 4.79 Å². The number of carbonyl (C=O) groups excluding carboxylic acids is 1. The van der Waals surface area contributed by atoms with Crippen LogP contribution < -0.4 is 5.73 Å². The minimum Gasteiger partial charge on any atom is -0.399 e. The first-order chi connectivity index (χ1) is 7.75. The molecule has 1 amide bonds. The van der Waals surface area contributed by atoms with Gasteiger partial charge in [0, 0.05) is 23.8 Å². The smallest absolute Gasteiger partial charge is 0.254 e. The van der Waals surface area contributed by atoms with Gasteiger partial charge < -0.3 is 10.6 Å². The summed E-state index contributed by atoms with van der Waals surface area (Å²) < 4.78 is 0. The molecule has 1 heterocycles. The normalized spacial score (nSPS) is 27.4. The van der Waals surface area contributed by atoms with Crippen molar-refractivity contribution in [2.24, 2.45) is 5.92 Å². The average molecular weight is 216 g/mol. The Morgan fingerprint density at radius 2 is 2.31 bits per heavy atom. The van der Waals surface area contributed by atoms with Gasteiger partial charge in [-0.25, -0.2) is 0 Å². The van der Waals surface area contributed by atoms with Crippen LogP contribution in [0.25, 0.3) is 0 Å². The van der Waals surface area contributed by atoms with Crippen molar-refractivity contribution >= 4 is 11.6 Å². The number of amides is 1. The molecule has 0 spiro atoms. The predicted molar refractivity (Wildman–Crippen MR) is 63.0 cm³/mol. The molecule has 1 aromatic rings. The van der Waals surface area contributed by atoms with Crippen LogP contribution in [-0.2, 0) is 0 Å². The van der Waals surface area contributed by atoms with E-state index in [1.165, 1.54) is 12.8 Å². The lowest BCUT2D eigenvalue weighted by Gasteiger charge is -2.26. The largest absolute Gasteiger partial charge is 0.399 e. The Hall–Kier alpha value is -1.51. The maximum Gasteiger partial charge on any atom is 0.254 e. The Balaban J connectivity index is 1.82. The third-order valence-corrected chi connectivity index (χ3v) is 3.65. The molecule has 1 saturated heterocycles. The van der Waals surface area contributed by atoms with Crippen LogP contribution in [0.1, 0.15) is 29.6 Å². The number of anilines is 1. The first-order valence-corrected chi connectivity index (χ1v) is 5.92. The Kier molecular flexibility index (Phi) is 2.13. The summed E-state index contributed by atoms with van der Waals surface area (Å²) in [5.41, 5.74) is 7.09. The Bertz CT molecular complexity index is 430. The fraction of sp³-hybridized carbons (Fsp3) is 0.462. The Morgan fingerprint density at radius 3 is 3.12 bits per heavy atom. The molecule has 1 saturated carbocycles. The summed E-state index contributed by atoms with van der Waals surface area (Å²) in [6, 6.07) is 7.80. The van der Waals surface area contributed by atoms with Crippen molar-refractivity contribution in [1.29, 1.82) is 0 Å². The quantitative estimate of drug-likeness (QED) is 0.729. The number of piperidine rings is 1. The summed E-state index contributed by atoms with van der Waals surface area (Å²) in [5, 5.41) is 0. The van der Waals surface area contributed by atoms with Crippen molar-refractivity contribution in [2.45, 2.75) is 25.3 Å². The summed E-state index contributed by atoms with van der Waals surface area (Å²) in [7, 11) is 0. The number of hydrogen-bond donors (Lipinski definition) is 1. The minimum absolute atomic E-state index is 0.152. The van der Waals surface area contributed by atoms with E-state index in [9.17, 15) is 4.79 Å². The third kappa shape index (κ3) is 1.56. The molecule has 1 aromatic carbocycles. The molecule has 2 unspecified atom stereocenters. The monoisotopic (exact) mass is 216 g/mol. The number of likely N-dealkylation sites (tertiary alicyclic amines) is 1. The van der Waals surface area contributed by atoms with E-state index in [1.54, 1.807) is 6.07 Å². The van der Waals surface area contributed by atoms with Crippen LogP contribution in [0.4, 0.5) is 5.69 Å². The van der Waals surface area contributed by atoms with Gasteiger partial charge in [0.25, 0.3) is 5.91 Å². The van der Waals surface area contributed by atoms with E-state index in [2.05, 4.69) is 0 Å². The molecule has 84 valence electrons. The number of carbonyl (C=O) groups is 1. The van der Waals surface area contributed by atoms with Gasteiger partial charge >= 0.3 is 0 Å². The van der Waals surface area contributed by atoms with Gasteiger partial charge in [-0.3, -0.25) is 4.79 Å². The van der Waals surface area contributed by atoms with Crippen molar-refractivity contribution in [1.82, 2.24) is 4.90 Å². The highest BCUT2D eigenvalue weighted by atomic mass is 16.2. The topological polar surface area (TPSA) is 46.3 Å². The zero-order chi connectivity index (χ0) is 11.1. The molecule has 0 bridgehead atoms. The maximum absolute atomic E-state index is 12.3. The van der Waals surface area contributed by atoms with Crippen LogP contribution in [0.5, 0.6) is 0 Å². The van der Waals surface area contributed by atoms with Gasteiger partial charge in [-0.15, -0.1) is 0 Å². The number of hydrogen-bond acceptors (Lipinski definition) is 2. The maximum atomic E-state index is 12.3. The van der Waals surface area contributed by atoms with E-state index in [4.69, 9.17) is 5.73 Å². The van der Waals surface area contributed by atoms with Gasteiger partial charge in [0.05, 0.1) is 0 Å². The number of nitrogen functional groups attached to an aromatic ring is 1. The van der Waals surface area contributed by atoms with Crippen molar-refractivity contribution in [3.05, 3.63) is 29.8 Å². The van der Waals surface area contributed by atoms with Crippen molar-refractivity contribution in [3.8, 4) is 0 Å². The molecule has 16 heavy (non-hydrogen) atoms. The summed E-state index contributed by atoms with van der Waals surface area (Å²) >= 11 is 0. The molecular weight excluding hydrogens is 200 g/mol. The van der Waals surface area contributed by atoms with E-state index < -0.39 is 0 Å². The highest BCUT2D eigenvalue weighted by molar-refractivity contribution is 5.95. The highest BCUT2D eigenvalue weighted by Gasteiger charge is 2.45. The first kappa shape index (κ1) is 9.70. The average Bonchev–Trinajstić information content (AvgIpc) is 3.06. The Morgan fingerprint density at radius 1 is 1.44 bits per heavy atom. The molecular formula is C13H16N2O. The van der Waals surface area contributed by atoms with Crippen LogP contribution in [0.3, 0.4) is 0 Å². The fourth-order valence-corrected chi connectivity index (χ4v) is 2.70. The first-order valence-electron chi connectivity index (χ1n) is 5.92. The second-order valence-electron chi connectivity index (χ2n) is 4.83. The van der Waals surface area contributed by atoms with Crippen LogP contribution in [-0.4, -0.2) is 23.4 Å². The minimum atomic E-state index is 0.152. The fourth-order valence-electron chi connectivity index (χ4n) is 2.70. The standard InChI is InChI=1S/C13H16N2O/c14-11-5-1-3-10(7-11)13(16)15-6-2-4-9-8-12(9)15/h1,3,5,7,9,12H,2,4,6,8,14H2. The zero-order valence-electron chi connectivity index (χ0n) is 9.23. The molecule has 3 heteroatoms. The van der Waals surface area contributed by atoms with Crippen LogP contribution in [0.2, 0.25) is 0 Å². The number of benzene rings is 1. The molecule has 2 N–H and O–H groups in total. The van der Waals surface area contributed by atoms with Gasteiger partial charge in [0.2, 0.25) is 0 Å². The van der Waals surface area contributed by atoms with Crippen LogP contribution in [0, 0.1) is 5.92 Å². The number of nitrogens with two attached hydrogens (primary N) is 1. The lowest BCUT2D eigenvalue weighted by atomic mass is 10.1. The van der Waals surface area contributed by atoms with E-state index in [0.29, 0.717) is 11.7 Å². The van der Waals surface area contributed by atoms with Crippen molar-refractivity contribution in [2.75, 3.05) is 12.3 Å². The number of fused-ring (bicyclic) bond motifs is 1. The second-order valence-corrected chi connectivity index (χ2v) is 4.83. The van der Waals surface area contributed by atoms with Gasteiger partial charge in [-0.05, 0) is 43.4 Å². The molecule has 0 aromatic heterocycles. The zero-order valence-corrected chi connectivity index (χ0v) is 9.23. The molecule has 2 fully saturated rings. The molecule has 1 aliphatic carbocycles. The molecule has 0 radical (unpaired) electrons. The van der Waals surface area contributed by atoms with E-state index in [1.807, 2.05) is 23.1 Å². The number of rotatable bonds is 1. The van der Waals surface area contributed by atoms with Gasteiger partial charge in [0.1, 0.15) is 0 Å². The molecule has 3 rings (SSSR count). The molecule has 2 atom stereocenters. The van der Waals surface area contributed by atoms with Gasteiger partial charge in [-0.1, -0.05) is 6.07 Å². The van der Waals surface area contributed by atoms with Gasteiger partial charge in [0.15, 0.2) is 0 Å². The molecule has 1 aliphatic heterocycles. The lowest BCUT2D eigenvalue weighted by molar-refractivity contribution is 0.0706. The third-order valence-electron chi connectivity index (χ3n) is 3.65. The van der Waals surface area contributed by atoms with E-state index >= 15 is 0 Å². The summed E-state index contributed by atoms with van der Waals surface area (Å²) in [4.78, 5) is 14.3. The van der Waals surface area contributed by atoms with Gasteiger partial charge in [-0.2, -0.15) is 0 Å². The second kappa shape index (κ2) is 3.51. The summed E-state index contributed by atoms with van der Waals surface area (Å²) in [6.07, 6.45) is 3.65. The number of nitrogens with zero attached hydrogens (tertiary/aromatic N) is 1. The summed E-state index contributed by atoms with van der Waals surface area (Å²) in [5.74, 6) is 0.929. The van der Waals surface area contributed by atoms with Crippen LogP contribution in [0.15, 0.2) is 24.3 Å². The Labute approximate surface area is 95.2 Å². The van der Waals surface area contributed by atoms with E-state index in [0.717, 1.165) is 24.4 Å². The lowest BCUT2D eigenvalue weighted by Crippen LogP contribution is -2.37.